The fourth-order valence-electron chi connectivity index (χ4n) is 2.35. The Morgan fingerprint density at radius 1 is 0.600 bits per heavy atom. The Hall–Kier alpha value is -3.04. The van der Waals surface area contributed by atoms with E-state index >= 15 is 0 Å². The van der Waals surface area contributed by atoms with Crippen molar-refractivity contribution >= 4 is 36.9 Å². The maximum absolute atomic E-state index is 9.77. The molecule has 0 spiro atoms. The lowest BCUT2D eigenvalue weighted by molar-refractivity contribution is 0.459. The summed E-state index contributed by atoms with van der Waals surface area (Å²) in [7, 11) is 0. The van der Waals surface area contributed by atoms with Crippen molar-refractivity contribution in [3.8, 4) is 11.5 Å². The van der Waals surface area contributed by atoms with E-state index in [1.165, 1.54) is 18.2 Å². The van der Waals surface area contributed by atoms with Gasteiger partial charge in [-0.1, -0.05) is 72.8 Å². The fraction of sp³-hybridized carbons (Fsp3) is 0. The number of rotatable bonds is 4. The summed E-state index contributed by atoms with van der Waals surface area (Å²) in [6.07, 6.45) is 7.76. The first-order valence-electron chi connectivity index (χ1n) is 7.85. The normalized spacial score (nSPS) is 11.4. The predicted octanol–water partition coefficient (Wildman–Crippen LogP) is 5.34. The molecule has 0 aliphatic heterocycles. The van der Waals surface area contributed by atoms with Crippen LogP contribution in [0.1, 0.15) is 22.3 Å². The van der Waals surface area contributed by atoms with Crippen molar-refractivity contribution in [2.24, 2.45) is 0 Å². The summed E-state index contributed by atoms with van der Waals surface area (Å²) < 4.78 is 0. The molecular weight excluding hydrogens is 328 g/mol. The van der Waals surface area contributed by atoms with Gasteiger partial charge in [-0.25, -0.2) is 0 Å². The molecule has 0 radical (unpaired) electrons. The molecular formula is C22H17O2S-. The molecule has 3 heteroatoms. The molecule has 0 saturated carbocycles. The summed E-state index contributed by atoms with van der Waals surface area (Å²) in [4.78, 5) is 0.839. The number of hydrogen-bond acceptors (Lipinski definition) is 3. The number of aromatic hydroxyl groups is 2. The van der Waals surface area contributed by atoms with Crippen molar-refractivity contribution in [1.29, 1.82) is 0 Å². The van der Waals surface area contributed by atoms with E-state index in [-0.39, 0.29) is 11.5 Å². The van der Waals surface area contributed by atoms with E-state index in [1.54, 1.807) is 6.08 Å². The van der Waals surface area contributed by atoms with Crippen LogP contribution in [-0.4, -0.2) is 10.2 Å². The second-order valence-electron chi connectivity index (χ2n) is 5.65. The minimum atomic E-state index is 0.127. The van der Waals surface area contributed by atoms with Crippen molar-refractivity contribution in [3.63, 3.8) is 0 Å². The third-order valence-corrected chi connectivity index (χ3v) is 4.02. The van der Waals surface area contributed by atoms with Crippen molar-refractivity contribution in [1.82, 2.24) is 0 Å². The standard InChI is InChI=1S/C22H18O2S/c23-20-11-14-22(24)19(15-20)10-7-17-4-1-16(2-5-17)3-6-18-8-12-21(25)13-9-18/h1-15,23-25H/p-1/b6-3+,10-7+. The summed E-state index contributed by atoms with van der Waals surface area (Å²) in [6.45, 7) is 0. The van der Waals surface area contributed by atoms with E-state index < -0.39 is 0 Å². The van der Waals surface area contributed by atoms with Gasteiger partial charge >= 0.3 is 0 Å². The minimum Gasteiger partial charge on any atom is -0.780 e. The van der Waals surface area contributed by atoms with Gasteiger partial charge in [0.2, 0.25) is 0 Å². The summed E-state index contributed by atoms with van der Waals surface area (Å²) in [5.74, 6) is 0.265. The smallest absolute Gasteiger partial charge is 0.123 e. The maximum Gasteiger partial charge on any atom is 0.123 e. The van der Waals surface area contributed by atoms with Crippen LogP contribution in [0.25, 0.3) is 24.3 Å². The summed E-state index contributed by atoms with van der Waals surface area (Å²) in [5.41, 5.74) is 3.79. The van der Waals surface area contributed by atoms with E-state index in [0.29, 0.717) is 5.56 Å². The second kappa shape index (κ2) is 7.69. The molecule has 0 atom stereocenters. The Morgan fingerprint density at radius 3 is 1.64 bits per heavy atom. The van der Waals surface area contributed by atoms with E-state index in [4.69, 9.17) is 12.6 Å². The van der Waals surface area contributed by atoms with Crippen molar-refractivity contribution in [3.05, 3.63) is 89.0 Å². The predicted molar refractivity (Wildman–Crippen MR) is 106 cm³/mol. The molecule has 0 fully saturated rings. The molecule has 0 heterocycles. The molecule has 3 rings (SSSR count). The van der Waals surface area contributed by atoms with Gasteiger partial charge in [0.15, 0.2) is 0 Å². The average Bonchev–Trinajstić information content (AvgIpc) is 2.63. The molecule has 0 bridgehead atoms. The average molecular weight is 345 g/mol. The van der Waals surface area contributed by atoms with Gasteiger partial charge in [0, 0.05) is 5.56 Å². The Morgan fingerprint density at radius 2 is 1.08 bits per heavy atom. The minimum absolute atomic E-state index is 0.127. The zero-order chi connectivity index (χ0) is 17.6. The lowest BCUT2D eigenvalue weighted by Crippen LogP contribution is -1.77. The fourth-order valence-corrected chi connectivity index (χ4v) is 2.49. The highest BCUT2D eigenvalue weighted by atomic mass is 32.1. The van der Waals surface area contributed by atoms with E-state index in [0.717, 1.165) is 21.6 Å². The van der Waals surface area contributed by atoms with Crippen molar-refractivity contribution in [2.45, 2.75) is 4.90 Å². The van der Waals surface area contributed by atoms with Crippen molar-refractivity contribution in [2.75, 3.05) is 0 Å². The largest absolute Gasteiger partial charge is 0.780 e. The Kier molecular flexibility index (Phi) is 5.17. The molecule has 3 aromatic carbocycles. The van der Waals surface area contributed by atoms with Crippen LogP contribution in [0.4, 0.5) is 0 Å². The van der Waals surface area contributed by atoms with Crippen LogP contribution in [0.3, 0.4) is 0 Å². The SMILES string of the molecule is Oc1ccc(O)c(/C=C/c2ccc(/C=C/c3ccc([S-])cc3)cc2)c1. The van der Waals surface area contributed by atoms with Gasteiger partial charge in [-0.3, -0.25) is 0 Å². The number of phenolic OH excluding ortho intramolecular Hbond substituents is 2. The lowest BCUT2D eigenvalue weighted by atomic mass is 10.1. The molecule has 25 heavy (non-hydrogen) atoms. The Labute approximate surface area is 152 Å². The summed E-state index contributed by atoms with van der Waals surface area (Å²) in [5, 5.41) is 19.3. The molecule has 2 N–H and O–H groups in total. The molecule has 0 amide bonds. The maximum atomic E-state index is 9.77. The molecule has 0 aliphatic carbocycles. The van der Waals surface area contributed by atoms with E-state index in [1.807, 2.05) is 66.8 Å². The van der Waals surface area contributed by atoms with Crippen LogP contribution in [-0.2, 0) is 12.6 Å². The van der Waals surface area contributed by atoms with Gasteiger partial charge in [-0.05, 0) is 34.9 Å². The summed E-state index contributed by atoms with van der Waals surface area (Å²) in [6, 6.07) is 20.3. The third kappa shape index (κ3) is 4.72. The molecule has 0 unspecified atom stereocenters. The molecule has 3 aromatic rings. The van der Waals surface area contributed by atoms with Gasteiger partial charge in [-0.15, -0.1) is 0 Å². The van der Waals surface area contributed by atoms with E-state index in [9.17, 15) is 10.2 Å². The van der Waals surface area contributed by atoms with E-state index in [2.05, 4.69) is 0 Å². The van der Waals surface area contributed by atoms with Gasteiger partial charge < -0.3 is 22.8 Å². The van der Waals surface area contributed by atoms with Crippen LogP contribution in [0.2, 0.25) is 0 Å². The molecule has 0 aromatic heterocycles. The van der Waals surface area contributed by atoms with Crippen LogP contribution < -0.4 is 0 Å². The number of hydrogen-bond donors (Lipinski definition) is 2. The van der Waals surface area contributed by atoms with Gasteiger partial charge in [-0.2, -0.15) is 4.90 Å². The summed E-state index contributed by atoms with van der Waals surface area (Å²) >= 11 is 5.08. The van der Waals surface area contributed by atoms with Crippen molar-refractivity contribution < 1.29 is 10.2 Å². The highest BCUT2D eigenvalue weighted by Crippen LogP contribution is 2.24. The van der Waals surface area contributed by atoms with Gasteiger partial charge in [0.05, 0.1) is 0 Å². The molecule has 2 nitrogen and oxygen atoms in total. The zero-order valence-electron chi connectivity index (χ0n) is 13.5. The zero-order valence-corrected chi connectivity index (χ0v) is 14.3. The monoisotopic (exact) mass is 345 g/mol. The Balaban J connectivity index is 1.70. The first kappa shape index (κ1) is 16.8. The van der Waals surface area contributed by atoms with Crippen LogP contribution in [0.5, 0.6) is 11.5 Å². The third-order valence-electron chi connectivity index (χ3n) is 3.75. The lowest BCUT2D eigenvalue weighted by Gasteiger charge is -2.03. The highest BCUT2D eigenvalue weighted by Gasteiger charge is 1.98. The topological polar surface area (TPSA) is 40.5 Å². The second-order valence-corrected chi connectivity index (χ2v) is 6.12. The number of benzene rings is 3. The molecule has 0 saturated heterocycles. The molecule has 0 aliphatic rings. The van der Waals surface area contributed by atoms with Crippen LogP contribution in [0, 0.1) is 0 Å². The quantitative estimate of drug-likeness (QED) is 0.381. The molecule has 124 valence electrons. The van der Waals surface area contributed by atoms with Crippen LogP contribution >= 0.6 is 0 Å². The first-order chi connectivity index (χ1) is 12.1. The first-order valence-corrected chi connectivity index (χ1v) is 8.26. The van der Waals surface area contributed by atoms with Gasteiger partial charge in [0.25, 0.3) is 0 Å². The van der Waals surface area contributed by atoms with Gasteiger partial charge in [0.1, 0.15) is 11.5 Å². The Bertz CT molecular complexity index is 908. The number of phenols is 2. The van der Waals surface area contributed by atoms with Crippen LogP contribution in [0.15, 0.2) is 71.6 Å². The highest BCUT2D eigenvalue weighted by molar-refractivity contribution is 7.58.